The van der Waals surface area contributed by atoms with E-state index in [9.17, 15) is 29.7 Å². The van der Waals surface area contributed by atoms with Crippen LogP contribution >= 0.6 is 0 Å². The molecule has 28 heavy (non-hydrogen) atoms. The molecule has 0 aliphatic heterocycles. The summed E-state index contributed by atoms with van der Waals surface area (Å²) in [6.45, 7) is 1.26. The van der Waals surface area contributed by atoms with E-state index in [0.717, 1.165) is 17.6 Å². The van der Waals surface area contributed by atoms with E-state index in [1.165, 1.54) is 6.92 Å². The molecule has 0 bridgehead atoms. The molecule has 4 rings (SSSR count). The van der Waals surface area contributed by atoms with Gasteiger partial charge in [0.05, 0.1) is 17.1 Å². The number of aliphatic hydroxyl groups is 1. The highest BCUT2D eigenvalue weighted by Gasteiger charge is 2.41. The van der Waals surface area contributed by atoms with Crippen LogP contribution in [0.3, 0.4) is 0 Å². The summed E-state index contributed by atoms with van der Waals surface area (Å²) in [7, 11) is 0. The van der Waals surface area contributed by atoms with E-state index < -0.39 is 46.1 Å². The van der Waals surface area contributed by atoms with Crippen LogP contribution in [0.15, 0.2) is 48.2 Å². The predicted octanol–water partition coefficient (Wildman–Crippen LogP) is 2.99. The van der Waals surface area contributed by atoms with E-state index in [1.54, 1.807) is 30.5 Å². The minimum atomic E-state index is -1.20. The Hall–Kier alpha value is -3.87. The zero-order chi connectivity index (χ0) is 20.2. The number of aromatic nitrogens is 1. The van der Waals surface area contributed by atoms with Crippen molar-refractivity contribution < 1.29 is 29.7 Å². The van der Waals surface area contributed by atoms with Crippen LogP contribution in [0.25, 0.3) is 16.7 Å². The van der Waals surface area contributed by atoms with Gasteiger partial charge >= 0.3 is 0 Å². The highest BCUT2D eigenvalue weighted by atomic mass is 16.3. The average Bonchev–Trinajstić information content (AvgIpc) is 3.06. The first kappa shape index (κ1) is 17.5. The molecule has 1 unspecified atom stereocenters. The van der Waals surface area contributed by atoms with Crippen molar-refractivity contribution in [2.24, 2.45) is 0 Å². The van der Waals surface area contributed by atoms with Crippen molar-refractivity contribution in [3.63, 3.8) is 0 Å². The monoisotopic (exact) mass is 377 g/mol. The smallest absolute Gasteiger partial charge is 0.234 e. The molecule has 0 saturated carbocycles. The SMILES string of the molecule is CC(=O)C(C1=C(O)c2c(O)cc(O)cc2C(=O)C1=O)c1c[nH]c2ccccc12. The van der Waals surface area contributed by atoms with Gasteiger partial charge in [-0.15, -0.1) is 0 Å². The zero-order valence-corrected chi connectivity index (χ0v) is 14.7. The molecule has 4 N–H and O–H groups in total. The van der Waals surface area contributed by atoms with Crippen molar-refractivity contribution in [2.75, 3.05) is 0 Å². The number of aromatic amines is 1. The Morgan fingerprint density at radius 2 is 1.75 bits per heavy atom. The fourth-order valence-corrected chi connectivity index (χ4v) is 3.71. The van der Waals surface area contributed by atoms with Crippen LogP contribution in [0.1, 0.15) is 34.3 Å². The number of rotatable bonds is 3. The zero-order valence-electron chi connectivity index (χ0n) is 14.7. The summed E-state index contributed by atoms with van der Waals surface area (Å²) < 4.78 is 0. The molecule has 0 radical (unpaired) electrons. The Morgan fingerprint density at radius 1 is 1.04 bits per heavy atom. The maximum absolute atomic E-state index is 12.8. The van der Waals surface area contributed by atoms with Crippen molar-refractivity contribution in [3.8, 4) is 11.5 Å². The van der Waals surface area contributed by atoms with E-state index in [-0.39, 0.29) is 11.1 Å². The Balaban J connectivity index is 2.02. The Morgan fingerprint density at radius 3 is 2.46 bits per heavy atom. The van der Waals surface area contributed by atoms with Gasteiger partial charge in [-0.2, -0.15) is 0 Å². The normalized spacial score (nSPS) is 15.0. The van der Waals surface area contributed by atoms with Crippen LogP contribution in [-0.4, -0.2) is 37.7 Å². The molecule has 1 heterocycles. The largest absolute Gasteiger partial charge is 0.508 e. The first-order valence-electron chi connectivity index (χ1n) is 8.46. The van der Waals surface area contributed by atoms with Crippen molar-refractivity contribution in [1.82, 2.24) is 4.98 Å². The number of ketones is 3. The van der Waals surface area contributed by atoms with E-state index in [1.807, 2.05) is 0 Å². The van der Waals surface area contributed by atoms with Crippen LogP contribution in [0, 0.1) is 0 Å². The lowest BCUT2D eigenvalue weighted by atomic mass is 9.77. The summed E-state index contributed by atoms with van der Waals surface area (Å²) in [5, 5.41) is 31.2. The summed E-state index contributed by atoms with van der Waals surface area (Å²) in [6.07, 6.45) is 1.56. The number of phenols is 2. The van der Waals surface area contributed by atoms with E-state index in [0.29, 0.717) is 10.9 Å². The number of nitrogens with one attached hydrogen (secondary N) is 1. The number of fused-ring (bicyclic) bond motifs is 2. The number of hydrogen-bond acceptors (Lipinski definition) is 6. The number of aliphatic hydroxyl groups excluding tert-OH is 1. The minimum Gasteiger partial charge on any atom is -0.508 e. The Bertz CT molecular complexity index is 1220. The third kappa shape index (κ3) is 2.40. The van der Waals surface area contributed by atoms with Crippen LogP contribution in [0.4, 0.5) is 0 Å². The molecule has 1 aromatic heterocycles. The predicted molar refractivity (Wildman–Crippen MR) is 100 cm³/mol. The first-order chi connectivity index (χ1) is 13.3. The highest BCUT2D eigenvalue weighted by Crippen LogP contribution is 2.42. The molecule has 1 aliphatic rings. The number of carbonyl (C=O) groups is 3. The van der Waals surface area contributed by atoms with Gasteiger partial charge in [-0.1, -0.05) is 18.2 Å². The van der Waals surface area contributed by atoms with Gasteiger partial charge in [0.25, 0.3) is 0 Å². The standard InChI is InChI=1S/C21H15NO6/c1-9(23)16(13-8-22-14-5-3-2-4-11(13)14)18-20(27)17-12(19(26)21(18)28)6-10(24)7-15(17)25/h2-8,16,22,24-25,27H,1H3. The molecule has 0 spiro atoms. The van der Waals surface area contributed by atoms with Crippen LogP contribution < -0.4 is 0 Å². The lowest BCUT2D eigenvalue weighted by molar-refractivity contribution is -0.119. The maximum atomic E-state index is 12.8. The van der Waals surface area contributed by atoms with Gasteiger partial charge in [0.1, 0.15) is 23.0 Å². The van der Waals surface area contributed by atoms with E-state index >= 15 is 0 Å². The second kappa shape index (κ2) is 6.09. The topological polar surface area (TPSA) is 128 Å². The molecule has 7 heteroatoms. The summed E-state index contributed by atoms with van der Waals surface area (Å²) in [6, 6.07) is 9.07. The minimum absolute atomic E-state index is 0.275. The summed E-state index contributed by atoms with van der Waals surface area (Å²) >= 11 is 0. The number of aromatic hydroxyl groups is 2. The van der Waals surface area contributed by atoms with Crippen molar-refractivity contribution in [3.05, 3.63) is 64.9 Å². The van der Waals surface area contributed by atoms with E-state index in [4.69, 9.17) is 0 Å². The maximum Gasteiger partial charge on any atom is 0.234 e. The molecule has 2 aromatic carbocycles. The molecule has 3 aromatic rings. The molecule has 0 amide bonds. The second-order valence-corrected chi connectivity index (χ2v) is 6.64. The van der Waals surface area contributed by atoms with Gasteiger partial charge in [-0.3, -0.25) is 14.4 Å². The number of hydrogen-bond donors (Lipinski definition) is 4. The van der Waals surface area contributed by atoms with Gasteiger partial charge in [-0.25, -0.2) is 0 Å². The molecule has 7 nitrogen and oxygen atoms in total. The third-order valence-electron chi connectivity index (χ3n) is 4.92. The Labute approximate surface area is 158 Å². The number of H-pyrrole nitrogens is 1. The van der Waals surface area contributed by atoms with Crippen molar-refractivity contribution in [2.45, 2.75) is 12.8 Å². The van der Waals surface area contributed by atoms with Gasteiger partial charge in [0, 0.05) is 28.7 Å². The molecule has 140 valence electrons. The fraction of sp³-hybridized carbons (Fsp3) is 0.0952. The fourth-order valence-electron chi connectivity index (χ4n) is 3.71. The number of para-hydroxylation sites is 1. The third-order valence-corrected chi connectivity index (χ3v) is 4.92. The lowest BCUT2D eigenvalue weighted by Gasteiger charge is -2.23. The number of phenolic OH excluding ortho intramolecular Hbond substituents is 2. The highest BCUT2D eigenvalue weighted by molar-refractivity contribution is 6.53. The molecule has 0 fully saturated rings. The van der Waals surface area contributed by atoms with E-state index in [2.05, 4.69) is 4.98 Å². The van der Waals surface area contributed by atoms with Crippen LogP contribution in [-0.2, 0) is 9.59 Å². The number of allylic oxidation sites excluding steroid dienone is 1. The molecule has 1 aliphatic carbocycles. The second-order valence-electron chi connectivity index (χ2n) is 6.64. The van der Waals surface area contributed by atoms with Crippen molar-refractivity contribution >= 4 is 34.0 Å². The summed E-state index contributed by atoms with van der Waals surface area (Å²) in [5.74, 6) is -5.35. The van der Waals surface area contributed by atoms with Gasteiger partial charge in [0.15, 0.2) is 0 Å². The number of benzene rings is 2. The van der Waals surface area contributed by atoms with Gasteiger partial charge in [0.2, 0.25) is 11.6 Å². The molecule has 1 atom stereocenters. The van der Waals surface area contributed by atoms with Crippen molar-refractivity contribution in [1.29, 1.82) is 0 Å². The molecular weight excluding hydrogens is 362 g/mol. The summed E-state index contributed by atoms with van der Waals surface area (Å²) in [4.78, 5) is 40.9. The number of Topliss-reactive ketones (excluding diaryl/α,β-unsaturated/α-hetero) is 3. The Kier molecular flexibility index (Phi) is 3.81. The number of carbonyl (C=O) groups excluding carboxylic acids is 3. The summed E-state index contributed by atoms with van der Waals surface area (Å²) in [5.41, 5.74) is 0.184. The quantitative estimate of drug-likeness (QED) is 0.520. The van der Waals surface area contributed by atoms with Crippen LogP contribution in [0.5, 0.6) is 11.5 Å². The van der Waals surface area contributed by atoms with Crippen LogP contribution in [0.2, 0.25) is 0 Å². The molecule has 0 saturated heterocycles. The molecular formula is C21H15NO6. The van der Waals surface area contributed by atoms with Gasteiger partial charge in [-0.05, 0) is 24.6 Å². The first-order valence-corrected chi connectivity index (χ1v) is 8.46. The lowest BCUT2D eigenvalue weighted by Crippen LogP contribution is -2.29. The average molecular weight is 377 g/mol. The van der Waals surface area contributed by atoms with Gasteiger partial charge < -0.3 is 20.3 Å².